The van der Waals surface area contributed by atoms with Crippen LogP contribution in [0, 0.1) is 23.2 Å². The number of piperazine rings is 1. The van der Waals surface area contributed by atoms with Crippen LogP contribution in [0.5, 0.6) is 0 Å². The molecule has 2 heterocycles. The van der Waals surface area contributed by atoms with Crippen molar-refractivity contribution in [3.05, 3.63) is 35.9 Å². The predicted molar refractivity (Wildman–Crippen MR) is 128 cm³/mol. The number of hydrogen-bond donors (Lipinski definition) is 0. The molecule has 6 fully saturated rings. The monoisotopic (exact) mass is 449 g/mol. The Morgan fingerprint density at radius 2 is 1.48 bits per heavy atom. The first-order valence-corrected chi connectivity index (χ1v) is 13.4. The average Bonchev–Trinajstić information content (AvgIpc) is 3.29. The Balaban J connectivity index is 1.05. The molecule has 4 bridgehead atoms. The molecule has 0 N–H and O–H groups in total. The minimum Gasteiger partial charge on any atom is -0.338 e. The summed E-state index contributed by atoms with van der Waals surface area (Å²) < 4.78 is 0. The summed E-state index contributed by atoms with van der Waals surface area (Å²) in [5, 5.41) is 0. The van der Waals surface area contributed by atoms with E-state index in [9.17, 15) is 9.59 Å². The Hall–Kier alpha value is -1.88. The topological polar surface area (TPSA) is 43.9 Å². The molecule has 2 amide bonds. The number of rotatable bonds is 5. The van der Waals surface area contributed by atoms with Gasteiger partial charge in [0.2, 0.25) is 11.8 Å². The molecular formula is C28H39N3O2. The van der Waals surface area contributed by atoms with Crippen molar-refractivity contribution in [1.29, 1.82) is 0 Å². The number of carbonyl (C=O) groups excluding carboxylic acids is 2. The second-order valence-corrected chi connectivity index (χ2v) is 11.9. The van der Waals surface area contributed by atoms with E-state index < -0.39 is 0 Å². The van der Waals surface area contributed by atoms with Gasteiger partial charge in [0.1, 0.15) is 6.04 Å². The van der Waals surface area contributed by atoms with Crippen LogP contribution in [0.4, 0.5) is 0 Å². The van der Waals surface area contributed by atoms with Gasteiger partial charge in [0.15, 0.2) is 0 Å². The number of amides is 2. The molecule has 0 radical (unpaired) electrons. The number of benzene rings is 1. The molecule has 2 aliphatic heterocycles. The molecule has 1 aromatic rings. The zero-order valence-electron chi connectivity index (χ0n) is 20.0. The van der Waals surface area contributed by atoms with Crippen molar-refractivity contribution in [3.63, 3.8) is 0 Å². The summed E-state index contributed by atoms with van der Waals surface area (Å²) in [5.74, 6) is 3.08. The molecule has 0 unspecified atom stereocenters. The van der Waals surface area contributed by atoms with E-state index in [-0.39, 0.29) is 23.3 Å². The van der Waals surface area contributed by atoms with Crippen LogP contribution in [-0.4, -0.2) is 65.3 Å². The number of hydrogen-bond acceptors (Lipinski definition) is 3. The van der Waals surface area contributed by atoms with Crippen LogP contribution in [0.1, 0.15) is 63.4 Å². The summed E-state index contributed by atoms with van der Waals surface area (Å²) in [6.45, 7) is 5.10. The maximum atomic E-state index is 13.5. The first kappa shape index (κ1) is 21.6. The fourth-order valence-electron chi connectivity index (χ4n) is 8.43. The van der Waals surface area contributed by atoms with Gasteiger partial charge in [-0.2, -0.15) is 0 Å². The summed E-state index contributed by atoms with van der Waals surface area (Å²) in [5.41, 5.74) is 1.58. The standard InChI is InChI=1S/C28H39N3O2/c32-26(19-28-16-22-13-23(17-28)15-24(14-22)18-28)31-8-4-7-25(31)27(33)30-11-9-29(10-12-30)20-21-5-2-1-3-6-21/h1-3,5-6,22-25H,4,7-20H2/t22?,23?,24?,25-,28?/m1/s1. The van der Waals surface area contributed by atoms with Crippen molar-refractivity contribution in [3.8, 4) is 0 Å². The summed E-state index contributed by atoms with van der Waals surface area (Å²) in [6.07, 6.45) is 10.5. The maximum Gasteiger partial charge on any atom is 0.245 e. The van der Waals surface area contributed by atoms with E-state index in [1.807, 2.05) is 9.80 Å². The third-order valence-corrected chi connectivity index (χ3v) is 9.48. The lowest BCUT2D eigenvalue weighted by molar-refractivity contribution is -0.149. The zero-order valence-corrected chi connectivity index (χ0v) is 20.0. The van der Waals surface area contributed by atoms with Crippen molar-refractivity contribution < 1.29 is 9.59 Å². The van der Waals surface area contributed by atoms with Gasteiger partial charge in [0.05, 0.1) is 0 Å². The number of nitrogens with zero attached hydrogens (tertiary/aromatic N) is 3. The Morgan fingerprint density at radius 1 is 0.848 bits per heavy atom. The van der Waals surface area contributed by atoms with E-state index in [1.165, 1.54) is 44.1 Å². The third kappa shape index (κ3) is 4.34. The molecule has 7 rings (SSSR count). The van der Waals surface area contributed by atoms with E-state index in [0.717, 1.165) is 69.9 Å². The Kier molecular flexibility index (Phi) is 5.72. The minimum atomic E-state index is -0.216. The van der Waals surface area contributed by atoms with Gasteiger partial charge in [-0.1, -0.05) is 30.3 Å². The second kappa shape index (κ2) is 8.72. The summed E-state index contributed by atoms with van der Waals surface area (Å²) in [6, 6.07) is 10.4. The van der Waals surface area contributed by atoms with E-state index in [1.54, 1.807) is 0 Å². The highest BCUT2D eigenvalue weighted by molar-refractivity contribution is 5.88. The van der Waals surface area contributed by atoms with Gasteiger partial charge >= 0.3 is 0 Å². The smallest absolute Gasteiger partial charge is 0.245 e. The quantitative estimate of drug-likeness (QED) is 0.684. The van der Waals surface area contributed by atoms with Gasteiger partial charge in [-0.3, -0.25) is 14.5 Å². The molecule has 5 nitrogen and oxygen atoms in total. The molecule has 1 atom stereocenters. The Morgan fingerprint density at radius 3 is 2.12 bits per heavy atom. The van der Waals surface area contributed by atoms with Crippen LogP contribution in [0.3, 0.4) is 0 Å². The first-order valence-electron chi connectivity index (χ1n) is 13.4. The number of carbonyl (C=O) groups is 2. The lowest BCUT2D eigenvalue weighted by atomic mass is 9.49. The lowest BCUT2D eigenvalue weighted by Gasteiger charge is -2.57. The highest BCUT2D eigenvalue weighted by Gasteiger charge is 2.52. The molecule has 6 aliphatic rings. The molecule has 0 aromatic heterocycles. The maximum absolute atomic E-state index is 13.5. The van der Waals surface area contributed by atoms with Gasteiger partial charge in [-0.25, -0.2) is 0 Å². The molecule has 1 aromatic carbocycles. The minimum absolute atomic E-state index is 0.200. The molecule has 33 heavy (non-hydrogen) atoms. The zero-order chi connectivity index (χ0) is 22.4. The normalized spacial score (nSPS) is 35.9. The van der Waals surface area contributed by atoms with Crippen LogP contribution in [0.15, 0.2) is 30.3 Å². The van der Waals surface area contributed by atoms with Crippen molar-refractivity contribution in [1.82, 2.24) is 14.7 Å². The van der Waals surface area contributed by atoms with Crippen molar-refractivity contribution >= 4 is 11.8 Å². The van der Waals surface area contributed by atoms with E-state index >= 15 is 0 Å². The van der Waals surface area contributed by atoms with Gasteiger partial charge in [0, 0.05) is 45.7 Å². The highest BCUT2D eigenvalue weighted by Crippen LogP contribution is 2.61. The van der Waals surface area contributed by atoms with Crippen LogP contribution in [0.2, 0.25) is 0 Å². The van der Waals surface area contributed by atoms with Crippen LogP contribution >= 0.6 is 0 Å². The fourth-order valence-corrected chi connectivity index (χ4v) is 8.43. The fraction of sp³-hybridized carbons (Fsp3) is 0.714. The summed E-state index contributed by atoms with van der Waals surface area (Å²) >= 11 is 0. The van der Waals surface area contributed by atoms with Crippen molar-refractivity contribution in [2.45, 2.75) is 70.4 Å². The predicted octanol–water partition coefficient (Wildman–Crippen LogP) is 3.93. The second-order valence-electron chi connectivity index (χ2n) is 11.9. The largest absolute Gasteiger partial charge is 0.338 e. The van der Waals surface area contributed by atoms with Crippen LogP contribution < -0.4 is 0 Å². The van der Waals surface area contributed by atoms with Crippen LogP contribution in [-0.2, 0) is 16.1 Å². The van der Waals surface area contributed by atoms with Crippen molar-refractivity contribution in [2.75, 3.05) is 32.7 Å². The third-order valence-electron chi connectivity index (χ3n) is 9.48. The average molecular weight is 450 g/mol. The van der Waals surface area contributed by atoms with E-state index in [2.05, 4.69) is 35.2 Å². The molecule has 2 saturated heterocycles. The number of likely N-dealkylation sites (tertiary alicyclic amines) is 1. The molecular weight excluding hydrogens is 410 g/mol. The lowest BCUT2D eigenvalue weighted by Crippen LogP contribution is -2.55. The van der Waals surface area contributed by atoms with E-state index in [0.29, 0.717) is 6.42 Å². The summed E-state index contributed by atoms with van der Waals surface area (Å²) in [4.78, 5) is 33.4. The van der Waals surface area contributed by atoms with Gasteiger partial charge in [-0.15, -0.1) is 0 Å². The van der Waals surface area contributed by atoms with Gasteiger partial charge < -0.3 is 9.80 Å². The Labute approximate surface area is 198 Å². The first-order chi connectivity index (χ1) is 16.1. The highest BCUT2D eigenvalue weighted by atomic mass is 16.2. The van der Waals surface area contributed by atoms with Gasteiger partial charge in [0.25, 0.3) is 0 Å². The van der Waals surface area contributed by atoms with Crippen LogP contribution in [0.25, 0.3) is 0 Å². The SMILES string of the molecule is O=C([C@H]1CCCN1C(=O)CC12CC3CC(CC(C3)C1)C2)N1CCN(Cc2ccccc2)CC1. The Bertz CT molecular complexity index is 841. The van der Waals surface area contributed by atoms with Gasteiger partial charge in [-0.05, 0) is 80.1 Å². The molecule has 4 saturated carbocycles. The molecule has 0 spiro atoms. The molecule has 178 valence electrons. The van der Waals surface area contributed by atoms with E-state index in [4.69, 9.17) is 0 Å². The summed E-state index contributed by atoms with van der Waals surface area (Å²) in [7, 11) is 0. The van der Waals surface area contributed by atoms with Crippen molar-refractivity contribution in [2.24, 2.45) is 23.2 Å². The molecule has 5 heteroatoms. The molecule has 4 aliphatic carbocycles.